The maximum Gasteiger partial charge on any atom is 0.258 e. The molecule has 1 amide bonds. The average Bonchev–Trinajstić information content (AvgIpc) is 3.16. The second-order valence-electron chi connectivity index (χ2n) is 8.40. The number of likely N-dealkylation sites (tertiary alicyclic amines) is 1. The number of nitrogens with one attached hydrogen (secondary N) is 1. The first-order chi connectivity index (χ1) is 13.6. The zero-order chi connectivity index (χ0) is 19.8. The summed E-state index contributed by atoms with van der Waals surface area (Å²) in [5, 5.41) is 13.4. The van der Waals surface area contributed by atoms with Crippen molar-refractivity contribution in [1.29, 1.82) is 0 Å². The molecule has 0 aromatic carbocycles. The Balaban J connectivity index is 1.70. The summed E-state index contributed by atoms with van der Waals surface area (Å²) in [7, 11) is 0. The fourth-order valence-electron chi connectivity index (χ4n) is 5.29. The van der Waals surface area contributed by atoms with Crippen LogP contribution in [0.25, 0.3) is 6.08 Å². The average molecular weight is 386 g/mol. The molecule has 1 aromatic rings. The fraction of sp³-hybridized carbons (Fsp3) is 0.636. The lowest BCUT2D eigenvalue weighted by atomic mass is 9.87. The molecule has 1 saturated heterocycles. The molecule has 1 aliphatic carbocycles. The number of aliphatic hydroxyl groups is 1. The van der Waals surface area contributed by atoms with Gasteiger partial charge in [0, 0.05) is 42.3 Å². The molecular weight excluding hydrogens is 354 g/mol. The fourth-order valence-corrected chi connectivity index (χ4v) is 5.29. The van der Waals surface area contributed by atoms with Gasteiger partial charge in [-0.1, -0.05) is 19.1 Å². The minimum Gasteiger partial charge on any atom is -0.396 e. The van der Waals surface area contributed by atoms with Gasteiger partial charge in [0.05, 0.1) is 12.1 Å². The van der Waals surface area contributed by atoms with E-state index in [-0.39, 0.29) is 48.0 Å². The summed E-state index contributed by atoms with van der Waals surface area (Å²) in [5.41, 5.74) is 1.69. The van der Waals surface area contributed by atoms with Crippen molar-refractivity contribution in [2.45, 2.75) is 64.2 Å². The van der Waals surface area contributed by atoms with Crippen LogP contribution in [0, 0.1) is 11.8 Å². The van der Waals surface area contributed by atoms with E-state index in [1.165, 1.54) is 6.42 Å². The Bertz CT molecular complexity index is 827. The lowest BCUT2D eigenvalue weighted by molar-refractivity contribution is -0.129. The number of fused-ring (bicyclic) bond motifs is 3. The van der Waals surface area contributed by atoms with Crippen molar-refractivity contribution in [2.24, 2.45) is 11.8 Å². The second kappa shape index (κ2) is 7.84. The highest BCUT2D eigenvalue weighted by molar-refractivity contribution is 5.83. The van der Waals surface area contributed by atoms with Gasteiger partial charge in [-0.25, -0.2) is 0 Å². The van der Waals surface area contributed by atoms with Crippen LogP contribution in [-0.4, -0.2) is 45.7 Å². The number of aliphatic hydroxyl groups excluding tert-OH is 1. The number of amides is 1. The molecule has 6 heteroatoms. The molecule has 0 radical (unpaired) electrons. The Morgan fingerprint density at radius 2 is 2.14 bits per heavy atom. The number of hydrogen-bond acceptors (Lipinski definition) is 4. The number of nitrogens with zero attached hydrogens (tertiary/aromatic N) is 2. The highest BCUT2D eigenvalue weighted by atomic mass is 16.3. The SMILES string of the molecule is C/C=C/c1ccc2n(c1=O)C[C@@H]1[C@@H](CO)[C@H](C(=O)NC3CCC3)N(CCC)[C@H]21. The standard InChI is InChI=1S/C22H31N3O3/c1-3-6-14-9-10-18-19-16(12-25(18)22(14)28)17(13-26)20(24(19)11-4-2)21(27)23-15-7-5-8-15/h3,6,9-10,15-17,19-20,26H,4-5,7-8,11-13H2,1-2H3,(H,23,27)/b6-3+/t16-,17-,19+,20-/m1/s1. The highest BCUT2D eigenvalue weighted by Crippen LogP contribution is 2.49. The smallest absolute Gasteiger partial charge is 0.258 e. The summed E-state index contributed by atoms with van der Waals surface area (Å²) in [6, 6.07) is 3.90. The van der Waals surface area contributed by atoms with Crippen molar-refractivity contribution >= 4 is 12.0 Å². The first-order valence-corrected chi connectivity index (χ1v) is 10.6. The molecule has 1 saturated carbocycles. The van der Waals surface area contributed by atoms with Crippen molar-refractivity contribution in [3.05, 3.63) is 39.8 Å². The molecular formula is C22H31N3O3. The van der Waals surface area contributed by atoms with Gasteiger partial charge in [-0.15, -0.1) is 0 Å². The van der Waals surface area contributed by atoms with Gasteiger partial charge in [0.25, 0.3) is 5.56 Å². The van der Waals surface area contributed by atoms with E-state index < -0.39 is 0 Å². The number of aromatic nitrogens is 1. The number of pyridine rings is 1. The molecule has 3 heterocycles. The molecule has 6 nitrogen and oxygen atoms in total. The molecule has 0 unspecified atom stereocenters. The zero-order valence-corrected chi connectivity index (χ0v) is 16.8. The normalized spacial score (nSPS) is 29.7. The van der Waals surface area contributed by atoms with Gasteiger partial charge < -0.3 is 15.0 Å². The molecule has 2 aliphatic heterocycles. The van der Waals surface area contributed by atoms with Gasteiger partial charge in [-0.2, -0.15) is 0 Å². The van der Waals surface area contributed by atoms with Crippen LogP contribution in [0.1, 0.15) is 56.8 Å². The maximum absolute atomic E-state index is 13.1. The molecule has 152 valence electrons. The molecule has 28 heavy (non-hydrogen) atoms. The lowest BCUT2D eigenvalue weighted by Gasteiger charge is -2.34. The zero-order valence-electron chi connectivity index (χ0n) is 16.8. The summed E-state index contributed by atoms with van der Waals surface area (Å²) >= 11 is 0. The first-order valence-electron chi connectivity index (χ1n) is 10.6. The van der Waals surface area contributed by atoms with Gasteiger partial charge in [0.15, 0.2) is 0 Å². The van der Waals surface area contributed by atoms with Crippen molar-refractivity contribution in [2.75, 3.05) is 13.2 Å². The third-order valence-electron chi connectivity index (χ3n) is 6.77. The number of carbonyl (C=O) groups excluding carboxylic acids is 1. The second-order valence-corrected chi connectivity index (χ2v) is 8.40. The Labute approximate surface area is 166 Å². The van der Waals surface area contributed by atoms with Gasteiger partial charge >= 0.3 is 0 Å². The molecule has 4 atom stereocenters. The number of allylic oxidation sites excluding steroid dienone is 1. The molecule has 2 fully saturated rings. The predicted octanol–water partition coefficient (Wildman–Crippen LogP) is 1.92. The predicted molar refractivity (Wildman–Crippen MR) is 109 cm³/mol. The Hall–Kier alpha value is -1.92. The third kappa shape index (κ3) is 3.03. The molecule has 4 rings (SSSR count). The minimum absolute atomic E-state index is 0.0154. The van der Waals surface area contributed by atoms with Gasteiger partial charge in [0.2, 0.25) is 5.91 Å². The molecule has 3 aliphatic rings. The topological polar surface area (TPSA) is 74.6 Å². The summed E-state index contributed by atoms with van der Waals surface area (Å²) in [4.78, 5) is 28.3. The van der Waals surface area contributed by atoms with Crippen LogP contribution in [0.2, 0.25) is 0 Å². The minimum atomic E-state index is -0.320. The van der Waals surface area contributed by atoms with Crippen molar-refractivity contribution in [3.8, 4) is 0 Å². The van der Waals surface area contributed by atoms with Crippen LogP contribution in [-0.2, 0) is 11.3 Å². The third-order valence-corrected chi connectivity index (χ3v) is 6.77. The van der Waals surface area contributed by atoms with Crippen LogP contribution in [0.15, 0.2) is 23.0 Å². The summed E-state index contributed by atoms with van der Waals surface area (Å²) in [5.74, 6) is -0.0191. The largest absolute Gasteiger partial charge is 0.396 e. The van der Waals surface area contributed by atoms with Gasteiger partial charge in [0.1, 0.15) is 0 Å². The highest BCUT2D eigenvalue weighted by Gasteiger charge is 2.55. The van der Waals surface area contributed by atoms with Gasteiger partial charge in [-0.05, 0) is 51.3 Å². The first kappa shape index (κ1) is 19.4. The Morgan fingerprint density at radius 1 is 1.36 bits per heavy atom. The van der Waals surface area contributed by atoms with E-state index in [4.69, 9.17) is 0 Å². The summed E-state index contributed by atoms with van der Waals surface area (Å²) in [6.45, 7) is 5.34. The number of hydrogen-bond donors (Lipinski definition) is 2. The van der Waals surface area contributed by atoms with Crippen molar-refractivity contribution in [3.63, 3.8) is 0 Å². The Morgan fingerprint density at radius 3 is 2.75 bits per heavy atom. The molecule has 0 spiro atoms. The molecule has 1 aromatic heterocycles. The van der Waals surface area contributed by atoms with Crippen LogP contribution in [0.3, 0.4) is 0 Å². The van der Waals surface area contributed by atoms with Crippen molar-refractivity contribution in [1.82, 2.24) is 14.8 Å². The quantitative estimate of drug-likeness (QED) is 0.785. The van der Waals surface area contributed by atoms with E-state index in [1.807, 2.05) is 35.8 Å². The van der Waals surface area contributed by atoms with Crippen LogP contribution in [0.5, 0.6) is 0 Å². The Kier molecular flexibility index (Phi) is 5.43. The van der Waals surface area contributed by atoms with Crippen LogP contribution < -0.4 is 10.9 Å². The van der Waals surface area contributed by atoms with E-state index in [9.17, 15) is 14.7 Å². The van der Waals surface area contributed by atoms with E-state index in [1.54, 1.807) is 0 Å². The molecule has 2 N–H and O–H groups in total. The number of carbonyl (C=O) groups is 1. The monoisotopic (exact) mass is 385 g/mol. The molecule has 0 bridgehead atoms. The summed E-state index contributed by atoms with van der Waals surface area (Å²) < 4.78 is 1.86. The van der Waals surface area contributed by atoms with Gasteiger partial charge in [-0.3, -0.25) is 14.5 Å². The van der Waals surface area contributed by atoms with Crippen LogP contribution in [0.4, 0.5) is 0 Å². The van der Waals surface area contributed by atoms with E-state index in [0.717, 1.165) is 31.5 Å². The van der Waals surface area contributed by atoms with E-state index in [2.05, 4.69) is 17.1 Å². The van der Waals surface area contributed by atoms with Crippen molar-refractivity contribution < 1.29 is 9.90 Å². The number of rotatable bonds is 6. The lowest BCUT2D eigenvalue weighted by Crippen LogP contribution is -2.52. The maximum atomic E-state index is 13.1. The van der Waals surface area contributed by atoms with E-state index in [0.29, 0.717) is 12.1 Å². The summed E-state index contributed by atoms with van der Waals surface area (Å²) in [6.07, 6.45) is 7.92. The van der Waals surface area contributed by atoms with Crippen LogP contribution >= 0.6 is 0 Å². The van der Waals surface area contributed by atoms with E-state index >= 15 is 0 Å².